The van der Waals surface area contributed by atoms with Crippen molar-refractivity contribution in [3.8, 4) is 0 Å². The van der Waals surface area contributed by atoms with Crippen molar-refractivity contribution in [2.45, 2.75) is 331 Å². The van der Waals surface area contributed by atoms with Gasteiger partial charge in [-0.2, -0.15) is 0 Å². The molecule has 14 heteroatoms. The van der Waals surface area contributed by atoms with Gasteiger partial charge >= 0.3 is 0 Å². The third-order valence-electron chi connectivity index (χ3n) is 15.0. The highest BCUT2D eigenvalue weighted by molar-refractivity contribution is 5.76. The quantitative estimate of drug-likeness (QED) is 0.0205. The molecule has 0 aromatic rings. The van der Waals surface area contributed by atoms with Crippen molar-refractivity contribution in [3.05, 3.63) is 12.2 Å². The molecule has 0 aromatic carbocycles. The van der Waals surface area contributed by atoms with Gasteiger partial charge in [-0.25, -0.2) is 0 Å². The zero-order valence-corrected chi connectivity index (χ0v) is 45.7. The van der Waals surface area contributed by atoms with E-state index >= 15 is 0 Å². The maximum Gasteiger partial charge on any atom is 0.220 e. The fourth-order valence-corrected chi connectivity index (χ4v) is 10.1. The van der Waals surface area contributed by atoms with Gasteiger partial charge in [0, 0.05) is 6.42 Å². The van der Waals surface area contributed by atoms with Gasteiger partial charge in [-0.1, -0.05) is 225 Å². The summed E-state index contributed by atoms with van der Waals surface area (Å²) >= 11 is 0. The Morgan fingerprint density at radius 2 is 0.875 bits per heavy atom. The second-order valence-corrected chi connectivity index (χ2v) is 21.5. The van der Waals surface area contributed by atoms with E-state index in [9.17, 15) is 45.6 Å². The Labute approximate surface area is 437 Å². The van der Waals surface area contributed by atoms with Crippen LogP contribution in [0.3, 0.4) is 0 Å². The van der Waals surface area contributed by atoms with Crippen LogP contribution in [0.25, 0.3) is 0 Å². The number of allylic oxidation sites excluding steroid dienone is 2. The van der Waals surface area contributed by atoms with E-state index in [1.54, 1.807) is 0 Å². The average molecular weight is 1030 g/mol. The molecular weight excluding hydrogens is 919 g/mol. The highest BCUT2D eigenvalue weighted by Crippen LogP contribution is 2.30. The molecule has 2 aliphatic rings. The first-order valence-electron chi connectivity index (χ1n) is 29.9. The van der Waals surface area contributed by atoms with Gasteiger partial charge in [0.2, 0.25) is 5.91 Å². The van der Waals surface area contributed by atoms with E-state index < -0.39 is 86.8 Å². The normalized spacial score (nSPS) is 25.6. The van der Waals surface area contributed by atoms with E-state index in [0.29, 0.717) is 19.3 Å². The number of amides is 1. The Kier molecular flexibility index (Phi) is 41.6. The molecule has 0 radical (unpaired) electrons. The maximum absolute atomic E-state index is 13.2. The van der Waals surface area contributed by atoms with Crippen LogP contribution >= 0.6 is 0 Å². The van der Waals surface area contributed by atoms with Gasteiger partial charge in [-0.3, -0.25) is 4.79 Å². The predicted octanol–water partition coefficient (Wildman–Crippen LogP) is 9.89. The summed E-state index contributed by atoms with van der Waals surface area (Å²) in [7, 11) is 0. The third kappa shape index (κ3) is 30.5. The molecule has 2 rings (SSSR count). The van der Waals surface area contributed by atoms with Gasteiger partial charge < -0.3 is 65.1 Å². The molecule has 12 atom stereocenters. The number of aliphatic hydroxyl groups excluding tert-OH is 8. The SMILES string of the molecule is CCCCC/C=C\CCCCCCCC(=O)NC(COC1OC(CO)C(OC2OC(CO)C(O)C(O)C2O)C(O)C1O)C(O)CCCCCCCCCCCCCCCCCCCCCCCCCCCC. The molecule has 2 fully saturated rings. The first kappa shape index (κ1) is 66.8. The number of aliphatic hydroxyl groups is 8. The van der Waals surface area contributed by atoms with Gasteiger partial charge in [0.05, 0.1) is 32.0 Å². The third-order valence-corrected chi connectivity index (χ3v) is 15.0. The number of hydrogen-bond donors (Lipinski definition) is 9. The summed E-state index contributed by atoms with van der Waals surface area (Å²) in [5.74, 6) is -0.214. The zero-order valence-electron chi connectivity index (χ0n) is 45.7. The van der Waals surface area contributed by atoms with E-state index in [0.717, 1.165) is 64.2 Å². The topological polar surface area (TPSA) is 228 Å². The van der Waals surface area contributed by atoms with E-state index in [-0.39, 0.29) is 12.5 Å². The second-order valence-electron chi connectivity index (χ2n) is 21.5. The molecule has 2 aliphatic heterocycles. The van der Waals surface area contributed by atoms with Crippen LogP contribution in [0.2, 0.25) is 0 Å². The van der Waals surface area contributed by atoms with E-state index in [4.69, 9.17) is 18.9 Å². The molecule has 0 aliphatic carbocycles. The van der Waals surface area contributed by atoms with E-state index in [1.807, 2.05) is 0 Å². The molecular formula is C58H111NO13. The number of ether oxygens (including phenoxy) is 4. The van der Waals surface area contributed by atoms with Crippen LogP contribution in [-0.4, -0.2) is 140 Å². The highest BCUT2D eigenvalue weighted by Gasteiger charge is 2.51. The van der Waals surface area contributed by atoms with Crippen LogP contribution in [0, 0.1) is 0 Å². The molecule has 0 bridgehead atoms. The van der Waals surface area contributed by atoms with Crippen LogP contribution in [0.4, 0.5) is 0 Å². The Hall–Kier alpha value is -1.27. The number of carbonyl (C=O) groups excluding carboxylic acids is 1. The molecule has 2 saturated heterocycles. The van der Waals surface area contributed by atoms with Crippen LogP contribution < -0.4 is 5.32 Å². The Morgan fingerprint density at radius 3 is 1.35 bits per heavy atom. The zero-order chi connectivity index (χ0) is 52.4. The molecule has 72 heavy (non-hydrogen) atoms. The molecule has 1 amide bonds. The fourth-order valence-electron chi connectivity index (χ4n) is 10.1. The smallest absolute Gasteiger partial charge is 0.220 e. The van der Waals surface area contributed by atoms with Crippen molar-refractivity contribution >= 4 is 5.91 Å². The van der Waals surface area contributed by atoms with Crippen LogP contribution in [0.15, 0.2) is 12.2 Å². The number of carbonyl (C=O) groups is 1. The highest BCUT2D eigenvalue weighted by atomic mass is 16.7. The number of hydrogen-bond acceptors (Lipinski definition) is 13. The molecule has 426 valence electrons. The molecule has 0 aromatic heterocycles. The fraction of sp³-hybridized carbons (Fsp3) is 0.948. The van der Waals surface area contributed by atoms with E-state index in [1.165, 1.54) is 161 Å². The van der Waals surface area contributed by atoms with Gasteiger partial charge in [-0.15, -0.1) is 0 Å². The molecule has 14 nitrogen and oxygen atoms in total. The minimum absolute atomic E-state index is 0.214. The van der Waals surface area contributed by atoms with Gasteiger partial charge in [-0.05, 0) is 38.5 Å². The summed E-state index contributed by atoms with van der Waals surface area (Å²) in [5, 5.41) is 87.1. The maximum atomic E-state index is 13.2. The van der Waals surface area contributed by atoms with Crippen molar-refractivity contribution in [1.29, 1.82) is 0 Å². The lowest BCUT2D eigenvalue weighted by Gasteiger charge is -2.46. The minimum Gasteiger partial charge on any atom is -0.394 e. The largest absolute Gasteiger partial charge is 0.394 e. The van der Waals surface area contributed by atoms with Crippen LogP contribution in [0.1, 0.15) is 258 Å². The van der Waals surface area contributed by atoms with Crippen LogP contribution in [-0.2, 0) is 23.7 Å². The summed E-state index contributed by atoms with van der Waals surface area (Å²) < 4.78 is 22.8. The molecule has 0 spiro atoms. The minimum atomic E-state index is -1.78. The van der Waals surface area contributed by atoms with Crippen LogP contribution in [0.5, 0.6) is 0 Å². The summed E-state index contributed by atoms with van der Waals surface area (Å²) in [5.41, 5.74) is 0. The molecule has 2 heterocycles. The van der Waals surface area contributed by atoms with E-state index in [2.05, 4.69) is 31.3 Å². The van der Waals surface area contributed by atoms with Crippen molar-refractivity contribution in [3.63, 3.8) is 0 Å². The van der Waals surface area contributed by atoms with Gasteiger partial charge in [0.15, 0.2) is 12.6 Å². The molecule has 9 N–H and O–H groups in total. The monoisotopic (exact) mass is 1030 g/mol. The Bertz CT molecular complexity index is 1260. The Balaban J connectivity index is 1.70. The lowest BCUT2D eigenvalue weighted by atomic mass is 9.97. The summed E-state index contributed by atoms with van der Waals surface area (Å²) in [6, 6.07) is -0.829. The van der Waals surface area contributed by atoms with Crippen molar-refractivity contribution in [2.24, 2.45) is 0 Å². The predicted molar refractivity (Wildman–Crippen MR) is 286 cm³/mol. The summed E-state index contributed by atoms with van der Waals surface area (Å²) in [4.78, 5) is 13.2. The summed E-state index contributed by atoms with van der Waals surface area (Å²) in [6.45, 7) is 2.85. The standard InChI is InChI=1S/C58H111NO13/c1-3-5-7-9-11-13-15-17-18-19-20-21-22-23-24-25-26-27-28-29-30-31-33-35-37-39-41-47(62)46(59-50(63)42-40-38-36-34-32-16-14-12-10-8-6-4-2)45-69-57-55(68)53(66)56(49(44-61)71-57)72-58-54(67)52(65)51(64)48(43-60)70-58/h12,14,46-49,51-58,60-62,64-68H,3-11,13,15-45H2,1-2H3,(H,59,63)/b14-12-. The first-order valence-corrected chi connectivity index (χ1v) is 29.9. The first-order chi connectivity index (χ1) is 35.1. The van der Waals surface area contributed by atoms with Gasteiger partial charge in [0.25, 0.3) is 0 Å². The lowest BCUT2D eigenvalue weighted by molar-refractivity contribution is -0.359. The average Bonchev–Trinajstić information content (AvgIpc) is 3.38. The molecule has 12 unspecified atom stereocenters. The van der Waals surface area contributed by atoms with Crippen molar-refractivity contribution in [2.75, 3.05) is 19.8 Å². The van der Waals surface area contributed by atoms with Gasteiger partial charge in [0.1, 0.15) is 48.8 Å². The number of nitrogens with one attached hydrogen (secondary N) is 1. The number of unbranched alkanes of at least 4 members (excludes halogenated alkanes) is 33. The van der Waals surface area contributed by atoms with Crippen molar-refractivity contribution in [1.82, 2.24) is 5.32 Å². The lowest BCUT2D eigenvalue weighted by Crippen LogP contribution is -2.65. The Morgan fingerprint density at radius 1 is 0.486 bits per heavy atom. The number of rotatable bonds is 48. The summed E-state index contributed by atoms with van der Waals surface area (Å²) in [6.07, 6.45) is 33.7. The molecule has 0 saturated carbocycles. The second kappa shape index (κ2) is 44.8. The van der Waals surface area contributed by atoms with Crippen molar-refractivity contribution < 1.29 is 64.6 Å².